The second-order valence-corrected chi connectivity index (χ2v) is 6.23. The predicted octanol–water partition coefficient (Wildman–Crippen LogP) is 2.06. The fraction of sp³-hybridized carbons (Fsp3) is 0.588. The molecule has 0 saturated carbocycles. The molecule has 0 aliphatic carbocycles. The Morgan fingerprint density at radius 3 is 2.91 bits per heavy atom. The number of benzene rings is 1. The van der Waals surface area contributed by atoms with Gasteiger partial charge in [0.15, 0.2) is 11.5 Å². The van der Waals surface area contributed by atoms with E-state index in [0.717, 1.165) is 30.2 Å². The maximum Gasteiger partial charge on any atom is 0.231 e. The van der Waals surface area contributed by atoms with E-state index in [-0.39, 0.29) is 12.7 Å². The molecule has 2 aliphatic rings. The number of fused-ring (bicyclic) bond motifs is 1. The van der Waals surface area contributed by atoms with Crippen LogP contribution in [0.2, 0.25) is 0 Å². The van der Waals surface area contributed by atoms with Crippen LogP contribution in [0.1, 0.15) is 31.7 Å². The highest BCUT2D eigenvalue weighted by molar-refractivity contribution is 5.76. The van der Waals surface area contributed by atoms with Gasteiger partial charge in [0.1, 0.15) is 0 Å². The summed E-state index contributed by atoms with van der Waals surface area (Å²) < 4.78 is 10.6. The van der Waals surface area contributed by atoms with Crippen molar-refractivity contribution in [2.45, 2.75) is 32.7 Å². The van der Waals surface area contributed by atoms with Gasteiger partial charge in [0.05, 0.1) is 0 Å². The largest absolute Gasteiger partial charge is 0.454 e. The van der Waals surface area contributed by atoms with E-state index in [1.807, 2.05) is 18.2 Å². The smallest absolute Gasteiger partial charge is 0.231 e. The lowest BCUT2D eigenvalue weighted by molar-refractivity contribution is -0.122. The Morgan fingerprint density at radius 1 is 1.32 bits per heavy atom. The van der Waals surface area contributed by atoms with Gasteiger partial charge in [-0.2, -0.15) is 0 Å². The van der Waals surface area contributed by atoms with Gasteiger partial charge in [-0.1, -0.05) is 13.0 Å². The van der Waals surface area contributed by atoms with Crippen LogP contribution < -0.4 is 20.1 Å². The SMILES string of the molecule is CC(CC(=O)NCc1ccc2c(c1)OCO2)C1CCNCC1. The summed E-state index contributed by atoms with van der Waals surface area (Å²) in [6.07, 6.45) is 2.96. The average molecular weight is 304 g/mol. The molecule has 0 radical (unpaired) electrons. The first-order valence-electron chi connectivity index (χ1n) is 8.08. The fourth-order valence-corrected chi connectivity index (χ4v) is 3.20. The number of carbonyl (C=O) groups excluding carboxylic acids is 1. The summed E-state index contributed by atoms with van der Waals surface area (Å²) in [7, 11) is 0. The molecule has 2 heterocycles. The lowest BCUT2D eigenvalue weighted by Crippen LogP contribution is -2.33. The third-order valence-electron chi connectivity index (χ3n) is 4.62. The van der Waals surface area contributed by atoms with E-state index in [9.17, 15) is 4.79 Å². The van der Waals surface area contributed by atoms with Crippen LogP contribution in [0.3, 0.4) is 0 Å². The summed E-state index contributed by atoms with van der Waals surface area (Å²) in [6.45, 7) is 5.16. The number of ether oxygens (including phenoxy) is 2. The number of amides is 1. The monoisotopic (exact) mass is 304 g/mol. The fourth-order valence-electron chi connectivity index (χ4n) is 3.20. The molecule has 5 nitrogen and oxygen atoms in total. The van der Waals surface area contributed by atoms with Gasteiger partial charge in [-0.25, -0.2) is 0 Å². The molecular formula is C17H24N2O3. The summed E-state index contributed by atoms with van der Waals surface area (Å²) in [5, 5.41) is 6.38. The maximum atomic E-state index is 12.1. The van der Waals surface area contributed by atoms with Crippen LogP contribution in [0.5, 0.6) is 11.5 Å². The molecule has 0 spiro atoms. The third-order valence-corrected chi connectivity index (χ3v) is 4.62. The summed E-state index contributed by atoms with van der Waals surface area (Å²) in [6, 6.07) is 5.78. The summed E-state index contributed by atoms with van der Waals surface area (Å²) in [4.78, 5) is 12.1. The molecular weight excluding hydrogens is 280 g/mol. The Bertz CT molecular complexity index is 527. The van der Waals surface area contributed by atoms with Crippen molar-refractivity contribution in [3.63, 3.8) is 0 Å². The zero-order valence-corrected chi connectivity index (χ0v) is 13.1. The molecule has 1 saturated heterocycles. The van der Waals surface area contributed by atoms with E-state index in [0.29, 0.717) is 24.8 Å². The molecule has 0 aromatic heterocycles. The van der Waals surface area contributed by atoms with E-state index < -0.39 is 0 Å². The average Bonchev–Trinajstić information content (AvgIpc) is 3.01. The van der Waals surface area contributed by atoms with Gasteiger partial charge in [0.25, 0.3) is 0 Å². The van der Waals surface area contributed by atoms with Gasteiger partial charge in [0.2, 0.25) is 12.7 Å². The molecule has 2 aliphatic heterocycles. The van der Waals surface area contributed by atoms with E-state index >= 15 is 0 Å². The minimum Gasteiger partial charge on any atom is -0.454 e. The molecule has 5 heteroatoms. The van der Waals surface area contributed by atoms with Crippen molar-refractivity contribution >= 4 is 5.91 Å². The van der Waals surface area contributed by atoms with Crippen molar-refractivity contribution in [1.82, 2.24) is 10.6 Å². The molecule has 1 fully saturated rings. The lowest BCUT2D eigenvalue weighted by atomic mass is 9.84. The topological polar surface area (TPSA) is 59.6 Å². The molecule has 120 valence electrons. The number of hydrogen-bond acceptors (Lipinski definition) is 4. The van der Waals surface area contributed by atoms with Gasteiger partial charge in [0, 0.05) is 13.0 Å². The first kappa shape index (κ1) is 15.2. The van der Waals surface area contributed by atoms with Gasteiger partial charge < -0.3 is 20.1 Å². The molecule has 1 atom stereocenters. The zero-order valence-electron chi connectivity index (χ0n) is 13.1. The normalized spacial score (nSPS) is 19.0. The number of hydrogen-bond donors (Lipinski definition) is 2. The number of carbonyl (C=O) groups is 1. The number of rotatable bonds is 5. The van der Waals surface area contributed by atoms with Gasteiger partial charge >= 0.3 is 0 Å². The first-order chi connectivity index (χ1) is 10.7. The van der Waals surface area contributed by atoms with Crippen molar-refractivity contribution < 1.29 is 14.3 Å². The van der Waals surface area contributed by atoms with Crippen molar-refractivity contribution in [3.8, 4) is 11.5 Å². The zero-order chi connectivity index (χ0) is 15.4. The Labute approximate surface area is 131 Å². The molecule has 0 bridgehead atoms. The second-order valence-electron chi connectivity index (χ2n) is 6.23. The summed E-state index contributed by atoms with van der Waals surface area (Å²) in [5.74, 6) is 2.77. The van der Waals surface area contributed by atoms with Crippen LogP contribution in [0.25, 0.3) is 0 Å². The molecule has 1 aromatic rings. The van der Waals surface area contributed by atoms with Crippen molar-refractivity contribution in [2.75, 3.05) is 19.9 Å². The van der Waals surface area contributed by atoms with Crippen LogP contribution in [0.4, 0.5) is 0 Å². The van der Waals surface area contributed by atoms with E-state index in [4.69, 9.17) is 9.47 Å². The highest BCUT2D eigenvalue weighted by Gasteiger charge is 2.22. The Kier molecular flexibility index (Phi) is 4.83. The number of piperidine rings is 1. The summed E-state index contributed by atoms with van der Waals surface area (Å²) in [5.41, 5.74) is 1.03. The Balaban J connectivity index is 1.45. The third kappa shape index (κ3) is 3.71. The Morgan fingerprint density at radius 2 is 2.09 bits per heavy atom. The van der Waals surface area contributed by atoms with Crippen LogP contribution in [-0.4, -0.2) is 25.8 Å². The van der Waals surface area contributed by atoms with Gasteiger partial charge in [-0.05, 0) is 55.5 Å². The molecule has 22 heavy (non-hydrogen) atoms. The predicted molar refractivity (Wildman–Crippen MR) is 83.8 cm³/mol. The molecule has 2 N–H and O–H groups in total. The quantitative estimate of drug-likeness (QED) is 0.874. The van der Waals surface area contributed by atoms with Crippen LogP contribution in [-0.2, 0) is 11.3 Å². The molecule has 1 amide bonds. The highest BCUT2D eigenvalue weighted by atomic mass is 16.7. The van der Waals surface area contributed by atoms with Gasteiger partial charge in [-0.3, -0.25) is 4.79 Å². The van der Waals surface area contributed by atoms with Crippen molar-refractivity contribution in [3.05, 3.63) is 23.8 Å². The van der Waals surface area contributed by atoms with Crippen LogP contribution in [0.15, 0.2) is 18.2 Å². The lowest BCUT2D eigenvalue weighted by Gasteiger charge is -2.27. The second kappa shape index (κ2) is 7.01. The number of nitrogens with one attached hydrogen (secondary N) is 2. The van der Waals surface area contributed by atoms with Crippen LogP contribution >= 0.6 is 0 Å². The van der Waals surface area contributed by atoms with E-state index in [1.165, 1.54) is 12.8 Å². The van der Waals surface area contributed by atoms with Crippen molar-refractivity contribution in [2.24, 2.45) is 11.8 Å². The molecule has 3 rings (SSSR count). The van der Waals surface area contributed by atoms with E-state index in [2.05, 4.69) is 17.6 Å². The summed E-state index contributed by atoms with van der Waals surface area (Å²) >= 11 is 0. The Hall–Kier alpha value is -1.75. The minimum absolute atomic E-state index is 0.128. The molecule has 1 unspecified atom stereocenters. The minimum atomic E-state index is 0.128. The van der Waals surface area contributed by atoms with Crippen LogP contribution in [0, 0.1) is 11.8 Å². The first-order valence-corrected chi connectivity index (χ1v) is 8.08. The van der Waals surface area contributed by atoms with Gasteiger partial charge in [-0.15, -0.1) is 0 Å². The highest BCUT2D eigenvalue weighted by Crippen LogP contribution is 2.32. The molecule has 1 aromatic carbocycles. The van der Waals surface area contributed by atoms with E-state index in [1.54, 1.807) is 0 Å². The standard InChI is InChI=1S/C17H24N2O3/c1-12(14-4-6-18-7-5-14)8-17(20)19-10-13-2-3-15-16(9-13)22-11-21-15/h2-3,9,12,14,18H,4-8,10-11H2,1H3,(H,19,20). The maximum absolute atomic E-state index is 12.1. The van der Waals surface area contributed by atoms with Crippen molar-refractivity contribution in [1.29, 1.82) is 0 Å².